The van der Waals surface area contributed by atoms with Crippen LogP contribution in [0.1, 0.15) is 30.9 Å². The van der Waals surface area contributed by atoms with Gasteiger partial charge in [0.05, 0.1) is 5.92 Å². The van der Waals surface area contributed by atoms with Crippen LogP contribution < -0.4 is 4.90 Å². The van der Waals surface area contributed by atoms with Crippen molar-refractivity contribution in [3.05, 3.63) is 29.3 Å². The van der Waals surface area contributed by atoms with Gasteiger partial charge in [0.25, 0.3) is 0 Å². The van der Waals surface area contributed by atoms with Gasteiger partial charge in [-0.25, -0.2) is 0 Å². The second kappa shape index (κ2) is 5.42. The minimum Gasteiger partial charge on any atom is -0.481 e. The number of aryl methyl sites for hydroxylation is 2. The van der Waals surface area contributed by atoms with Crippen molar-refractivity contribution in [2.24, 2.45) is 5.92 Å². The Hall–Kier alpha value is -1.51. The number of rotatable bonds is 3. The summed E-state index contributed by atoms with van der Waals surface area (Å²) in [7, 11) is 0. The smallest absolute Gasteiger partial charge is 0.308 e. The highest BCUT2D eigenvalue weighted by molar-refractivity contribution is 5.72. The molecule has 1 aromatic rings. The molecule has 3 nitrogen and oxygen atoms in total. The molecule has 1 atom stereocenters. The van der Waals surface area contributed by atoms with E-state index in [-0.39, 0.29) is 5.92 Å². The van der Waals surface area contributed by atoms with Gasteiger partial charge in [0.2, 0.25) is 0 Å². The predicted molar refractivity (Wildman–Crippen MR) is 73.1 cm³/mol. The molecule has 0 bridgehead atoms. The van der Waals surface area contributed by atoms with Crippen LogP contribution in [0.25, 0.3) is 0 Å². The first-order valence-electron chi connectivity index (χ1n) is 6.69. The lowest BCUT2D eigenvalue weighted by molar-refractivity contribution is -0.141. The molecule has 0 radical (unpaired) electrons. The maximum Gasteiger partial charge on any atom is 0.308 e. The third-order valence-corrected chi connectivity index (χ3v) is 3.79. The lowest BCUT2D eigenvalue weighted by Crippen LogP contribution is -2.39. The van der Waals surface area contributed by atoms with E-state index >= 15 is 0 Å². The van der Waals surface area contributed by atoms with Crippen LogP contribution in [-0.4, -0.2) is 24.2 Å². The van der Waals surface area contributed by atoms with E-state index < -0.39 is 5.97 Å². The number of para-hydroxylation sites is 1. The highest BCUT2D eigenvalue weighted by atomic mass is 16.4. The first kappa shape index (κ1) is 12.9. The molecule has 1 heterocycles. The fraction of sp³-hybridized carbons (Fsp3) is 0.533. The Morgan fingerprint density at radius 1 is 1.50 bits per heavy atom. The Morgan fingerprint density at radius 3 is 2.94 bits per heavy atom. The summed E-state index contributed by atoms with van der Waals surface area (Å²) in [5.74, 6) is -0.880. The van der Waals surface area contributed by atoms with Crippen LogP contribution in [0.2, 0.25) is 0 Å². The van der Waals surface area contributed by atoms with Crippen LogP contribution in [-0.2, 0) is 11.2 Å². The number of anilines is 1. The molecule has 1 fully saturated rings. The van der Waals surface area contributed by atoms with E-state index in [0.717, 1.165) is 25.8 Å². The zero-order valence-electron chi connectivity index (χ0n) is 11.1. The molecule has 1 saturated heterocycles. The van der Waals surface area contributed by atoms with Crippen LogP contribution in [0.3, 0.4) is 0 Å². The molecule has 3 heteroatoms. The summed E-state index contributed by atoms with van der Waals surface area (Å²) in [5.41, 5.74) is 3.83. The van der Waals surface area contributed by atoms with Crippen molar-refractivity contribution in [3.63, 3.8) is 0 Å². The van der Waals surface area contributed by atoms with Crippen molar-refractivity contribution in [3.8, 4) is 0 Å². The maximum atomic E-state index is 11.1. The fourth-order valence-corrected chi connectivity index (χ4v) is 2.84. The van der Waals surface area contributed by atoms with Crippen molar-refractivity contribution < 1.29 is 9.90 Å². The normalized spacial score (nSPS) is 19.9. The standard InChI is InChI=1S/C15H21NO2/c1-3-12-7-4-6-11(2)14(12)16-9-5-8-13(10-16)15(17)18/h4,6-7,13H,3,5,8-10H2,1-2H3,(H,17,18). The molecule has 1 unspecified atom stereocenters. The molecule has 1 aromatic carbocycles. The number of piperidine rings is 1. The van der Waals surface area contributed by atoms with Gasteiger partial charge >= 0.3 is 5.97 Å². The average Bonchev–Trinajstić information content (AvgIpc) is 2.38. The molecular weight excluding hydrogens is 226 g/mol. The Balaban J connectivity index is 2.28. The second-order valence-corrected chi connectivity index (χ2v) is 5.06. The molecule has 18 heavy (non-hydrogen) atoms. The number of carboxylic acid groups (broad SMARTS) is 1. The highest BCUT2D eigenvalue weighted by Crippen LogP contribution is 2.30. The molecule has 98 valence electrons. The summed E-state index contributed by atoms with van der Waals surface area (Å²) in [4.78, 5) is 13.4. The monoisotopic (exact) mass is 247 g/mol. The molecule has 0 saturated carbocycles. The first-order valence-corrected chi connectivity index (χ1v) is 6.69. The molecule has 0 spiro atoms. The highest BCUT2D eigenvalue weighted by Gasteiger charge is 2.26. The van der Waals surface area contributed by atoms with Gasteiger partial charge in [0, 0.05) is 18.8 Å². The Bertz CT molecular complexity index is 442. The zero-order valence-corrected chi connectivity index (χ0v) is 11.1. The second-order valence-electron chi connectivity index (χ2n) is 5.06. The molecule has 0 aromatic heterocycles. The van der Waals surface area contributed by atoms with E-state index in [9.17, 15) is 9.90 Å². The third kappa shape index (κ3) is 2.50. The summed E-state index contributed by atoms with van der Waals surface area (Å²) in [6.45, 7) is 5.88. The molecule has 0 aliphatic carbocycles. The number of hydrogen-bond acceptors (Lipinski definition) is 2. The lowest BCUT2D eigenvalue weighted by Gasteiger charge is -2.35. The Morgan fingerprint density at radius 2 is 2.28 bits per heavy atom. The van der Waals surface area contributed by atoms with Crippen molar-refractivity contribution in [2.75, 3.05) is 18.0 Å². The number of nitrogens with zero attached hydrogens (tertiary/aromatic N) is 1. The summed E-state index contributed by atoms with van der Waals surface area (Å²) in [6.07, 6.45) is 2.76. The largest absolute Gasteiger partial charge is 0.481 e. The molecule has 2 rings (SSSR count). The van der Waals surface area contributed by atoms with Crippen molar-refractivity contribution in [1.82, 2.24) is 0 Å². The van der Waals surface area contributed by atoms with Gasteiger partial charge in [-0.15, -0.1) is 0 Å². The number of carbonyl (C=O) groups is 1. The number of aliphatic carboxylic acids is 1. The zero-order chi connectivity index (χ0) is 13.1. The quantitative estimate of drug-likeness (QED) is 0.893. The van der Waals surface area contributed by atoms with Gasteiger partial charge in [-0.3, -0.25) is 4.79 Å². The van der Waals surface area contributed by atoms with E-state index in [1.165, 1.54) is 16.8 Å². The minimum absolute atomic E-state index is 0.219. The summed E-state index contributed by atoms with van der Waals surface area (Å²) < 4.78 is 0. The van der Waals surface area contributed by atoms with Gasteiger partial charge in [0.1, 0.15) is 0 Å². The van der Waals surface area contributed by atoms with Gasteiger partial charge < -0.3 is 10.0 Å². The predicted octanol–water partition coefficient (Wildman–Crippen LogP) is 2.86. The number of carboxylic acids is 1. The molecule has 1 aliphatic heterocycles. The third-order valence-electron chi connectivity index (χ3n) is 3.79. The van der Waals surface area contributed by atoms with Crippen LogP contribution >= 0.6 is 0 Å². The van der Waals surface area contributed by atoms with E-state index in [1.807, 2.05) is 0 Å². The van der Waals surface area contributed by atoms with Crippen molar-refractivity contribution in [1.29, 1.82) is 0 Å². The van der Waals surface area contributed by atoms with Crippen LogP contribution in [0.5, 0.6) is 0 Å². The van der Waals surface area contributed by atoms with Gasteiger partial charge in [-0.1, -0.05) is 25.1 Å². The van der Waals surface area contributed by atoms with Gasteiger partial charge in [0.15, 0.2) is 0 Å². The summed E-state index contributed by atoms with van der Waals surface area (Å²) in [6, 6.07) is 6.34. The average molecular weight is 247 g/mol. The van der Waals surface area contributed by atoms with Crippen molar-refractivity contribution in [2.45, 2.75) is 33.1 Å². The van der Waals surface area contributed by atoms with E-state index in [4.69, 9.17) is 0 Å². The number of benzene rings is 1. The molecule has 1 N–H and O–H groups in total. The first-order chi connectivity index (χ1) is 8.63. The maximum absolute atomic E-state index is 11.1. The van der Waals surface area contributed by atoms with Crippen molar-refractivity contribution >= 4 is 11.7 Å². The summed E-state index contributed by atoms with van der Waals surface area (Å²) in [5, 5.41) is 9.17. The summed E-state index contributed by atoms with van der Waals surface area (Å²) >= 11 is 0. The molecule has 1 aliphatic rings. The van der Waals surface area contributed by atoms with Crippen LogP contribution in [0, 0.1) is 12.8 Å². The number of hydrogen-bond donors (Lipinski definition) is 1. The van der Waals surface area contributed by atoms with E-state index in [2.05, 4.69) is 36.9 Å². The van der Waals surface area contributed by atoms with Gasteiger partial charge in [-0.2, -0.15) is 0 Å². The topological polar surface area (TPSA) is 40.5 Å². The van der Waals surface area contributed by atoms with Crippen LogP contribution in [0.4, 0.5) is 5.69 Å². The molecular formula is C15H21NO2. The Kier molecular flexibility index (Phi) is 3.90. The Labute approximate surface area is 108 Å². The van der Waals surface area contributed by atoms with Crippen LogP contribution in [0.15, 0.2) is 18.2 Å². The van der Waals surface area contributed by atoms with E-state index in [1.54, 1.807) is 0 Å². The SMILES string of the molecule is CCc1cccc(C)c1N1CCCC(C(=O)O)C1. The fourth-order valence-electron chi connectivity index (χ4n) is 2.84. The van der Waals surface area contributed by atoms with Gasteiger partial charge in [-0.05, 0) is 37.3 Å². The molecule has 0 amide bonds. The minimum atomic E-state index is -0.661. The lowest BCUT2D eigenvalue weighted by atomic mass is 9.95. The van der Waals surface area contributed by atoms with E-state index in [0.29, 0.717) is 6.54 Å².